The second-order valence-corrected chi connectivity index (χ2v) is 11.7. The van der Waals surface area contributed by atoms with Crippen LogP contribution in [-0.2, 0) is 23.7 Å². The van der Waals surface area contributed by atoms with Crippen molar-refractivity contribution >= 4 is 0 Å². The van der Waals surface area contributed by atoms with Gasteiger partial charge in [0, 0.05) is 24.2 Å². The third kappa shape index (κ3) is 4.68. The number of nitrogens with zero attached hydrogens (tertiary/aromatic N) is 2. The second-order valence-electron chi connectivity index (χ2n) is 11.7. The maximum Gasteiger partial charge on any atom is 0.0889 e. The van der Waals surface area contributed by atoms with Crippen LogP contribution in [0, 0.1) is 0 Å². The normalized spacial score (nSPS) is 13.4. The number of pyridine rings is 2. The van der Waals surface area contributed by atoms with E-state index >= 15 is 0 Å². The Morgan fingerprint density at radius 1 is 0.529 bits per heavy atom. The van der Waals surface area contributed by atoms with Gasteiger partial charge in [0.15, 0.2) is 0 Å². The van der Waals surface area contributed by atoms with Crippen LogP contribution in [0.25, 0.3) is 22.5 Å². The summed E-state index contributed by atoms with van der Waals surface area (Å²) in [6.45, 7) is 13.8. The first-order valence-corrected chi connectivity index (χ1v) is 12.3. The highest BCUT2D eigenvalue weighted by Crippen LogP contribution is 2.34. The smallest absolute Gasteiger partial charge is 0.0889 e. The fourth-order valence-electron chi connectivity index (χ4n) is 4.65. The van der Waals surface area contributed by atoms with Gasteiger partial charge in [-0.2, -0.15) is 0 Å². The maximum atomic E-state index is 4.99. The van der Waals surface area contributed by atoms with Crippen molar-refractivity contribution in [3.8, 4) is 22.5 Å². The van der Waals surface area contributed by atoms with Gasteiger partial charge in [-0.3, -0.25) is 9.97 Å². The van der Waals surface area contributed by atoms with E-state index in [4.69, 9.17) is 9.97 Å². The summed E-state index contributed by atoms with van der Waals surface area (Å²) in [6.07, 6.45) is 1.60. The molecular weight excluding hydrogens is 412 g/mol. The minimum absolute atomic E-state index is 0.0668. The van der Waals surface area contributed by atoms with Gasteiger partial charge < -0.3 is 0 Å². The fourth-order valence-corrected chi connectivity index (χ4v) is 4.65. The van der Waals surface area contributed by atoms with Crippen molar-refractivity contribution in [2.24, 2.45) is 0 Å². The maximum absolute atomic E-state index is 4.99. The molecule has 1 aliphatic rings. The molecule has 0 N–H and O–H groups in total. The lowest BCUT2D eigenvalue weighted by Gasteiger charge is -2.24. The van der Waals surface area contributed by atoms with E-state index in [1.807, 2.05) is 0 Å². The third-order valence-electron chi connectivity index (χ3n) is 6.70. The van der Waals surface area contributed by atoms with Crippen LogP contribution in [0.15, 0.2) is 72.8 Å². The first kappa shape index (κ1) is 22.5. The molecule has 4 aromatic rings. The van der Waals surface area contributed by atoms with E-state index in [-0.39, 0.29) is 10.8 Å². The largest absolute Gasteiger partial charge is 0.251 e. The summed E-state index contributed by atoms with van der Waals surface area (Å²) in [6, 6.07) is 26.8. The predicted molar refractivity (Wildman–Crippen MR) is 142 cm³/mol. The SMILES string of the molecule is CC(C)(C)c1cc2cc(c1)-c1cc(cc(C(C)(C)C)c1)Cc1cccc(n1)-c1cccc(n1)C2. The van der Waals surface area contributed by atoms with Crippen LogP contribution in [-0.4, -0.2) is 9.97 Å². The Labute approximate surface area is 204 Å². The molecule has 0 unspecified atom stereocenters. The molecule has 2 heteroatoms. The number of aromatic nitrogens is 2. The van der Waals surface area contributed by atoms with E-state index in [9.17, 15) is 0 Å². The molecule has 0 radical (unpaired) electrons. The molecule has 2 aromatic carbocycles. The molecule has 0 atom stereocenters. The highest BCUT2D eigenvalue weighted by molar-refractivity contribution is 5.68. The number of rotatable bonds is 0. The van der Waals surface area contributed by atoms with Gasteiger partial charge in [0.25, 0.3) is 0 Å². The van der Waals surface area contributed by atoms with Gasteiger partial charge in [0.2, 0.25) is 0 Å². The molecule has 0 spiro atoms. The standard InChI is InChI=1S/C32H34N2/c1-31(2,3)25-15-21-13-23(19-25)24-14-22(16-26(20-24)32(4,5)6)18-28-10-8-12-30(34-28)29-11-7-9-27(17-21)33-29/h7-16,19-20H,17-18H2,1-6H3. The average molecular weight is 447 g/mol. The van der Waals surface area contributed by atoms with E-state index in [0.717, 1.165) is 35.6 Å². The van der Waals surface area contributed by atoms with Crippen molar-refractivity contribution in [2.45, 2.75) is 65.2 Å². The van der Waals surface area contributed by atoms with E-state index in [2.05, 4.69) is 114 Å². The summed E-state index contributed by atoms with van der Waals surface area (Å²) in [5, 5.41) is 0. The van der Waals surface area contributed by atoms with Crippen molar-refractivity contribution in [2.75, 3.05) is 0 Å². The Kier molecular flexibility index (Phi) is 5.43. The Hall–Kier alpha value is -3.26. The molecule has 2 nitrogen and oxygen atoms in total. The Balaban J connectivity index is 1.79. The van der Waals surface area contributed by atoms with Gasteiger partial charge in [0.1, 0.15) is 0 Å². The Bertz CT molecular complexity index is 1260. The van der Waals surface area contributed by atoms with Crippen LogP contribution < -0.4 is 0 Å². The molecule has 0 aliphatic carbocycles. The molecule has 8 bridgehead atoms. The van der Waals surface area contributed by atoms with Gasteiger partial charge in [-0.1, -0.05) is 90.1 Å². The molecule has 3 heterocycles. The Morgan fingerprint density at radius 2 is 0.941 bits per heavy atom. The summed E-state index contributed by atoms with van der Waals surface area (Å²) in [4.78, 5) is 9.98. The van der Waals surface area contributed by atoms with Crippen LogP contribution in [0.3, 0.4) is 0 Å². The van der Waals surface area contributed by atoms with Gasteiger partial charge >= 0.3 is 0 Å². The predicted octanol–water partition coefficient (Wildman–Crippen LogP) is 7.90. The zero-order valence-corrected chi connectivity index (χ0v) is 21.2. The van der Waals surface area contributed by atoms with Crippen LogP contribution in [0.1, 0.15) is 75.2 Å². The number of fused-ring (bicyclic) bond motifs is 10. The molecule has 0 fully saturated rings. The topological polar surface area (TPSA) is 25.8 Å². The second kappa shape index (κ2) is 8.20. The lowest BCUT2D eigenvalue weighted by Crippen LogP contribution is -2.13. The minimum Gasteiger partial charge on any atom is -0.251 e. The fraction of sp³-hybridized carbons (Fsp3) is 0.312. The van der Waals surface area contributed by atoms with E-state index in [1.165, 1.54) is 33.4 Å². The van der Waals surface area contributed by atoms with E-state index in [1.54, 1.807) is 0 Å². The molecule has 0 amide bonds. The summed E-state index contributed by atoms with van der Waals surface area (Å²) in [5.74, 6) is 0. The molecule has 0 saturated heterocycles. The Morgan fingerprint density at radius 3 is 1.32 bits per heavy atom. The molecule has 5 rings (SSSR count). The van der Waals surface area contributed by atoms with E-state index in [0.29, 0.717) is 0 Å². The molecule has 34 heavy (non-hydrogen) atoms. The highest BCUT2D eigenvalue weighted by Gasteiger charge is 2.20. The molecular formula is C32H34N2. The van der Waals surface area contributed by atoms with Crippen molar-refractivity contribution in [3.63, 3.8) is 0 Å². The summed E-state index contributed by atoms with van der Waals surface area (Å²) >= 11 is 0. The van der Waals surface area contributed by atoms with Gasteiger partial charge in [-0.25, -0.2) is 0 Å². The highest BCUT2D eigenvalue weighted by atomic mass is 14.8. The van der Waals surface area contributed by atoms with Gasteiger partial charge in [0.05, 0.1) is 11.4 Å². The lowest BCUT2D eigenvalue weighted by atomic mass is 9.81. The van der Waals surface area contributed by atoms with Gasteiger partial charge in [-0.05, 0) is 68.5 Å². The van der Waals surface area contributed by atoms with Gasteiger partial charge in [-0.15, -0.1) is 0 Å². The van der Waals surface area contributed by atoms with Crippen molar-refractivity contribution in [1.29, 1.82) is 0 Å². The zero-order chi connectivity index (χ0) is 24.1. The first-order valence-electron chi connectivity index (χ1n) is 12.3. The summed E-state index contributed by atoms with van der Waals surface area (Å²) in [7, 11) is 0. The van der Waals surface area contributed by atoms with E-state index < -0.39 is 0 Å². The van der Waals surface area contributed by atoms with Crippen molar-refractivity contribution in [1.82, 2.24) is 9.97 Å². The number of hydrogen-bond donors (Lipinski definition) is 0. The first-order chi connectivity index (χ1) is 16.0. The summed E-state index contributed by atoms with van der Waals surface area (Å²) < 4.78 is 0. The van der Waals surface area contributed by atoms with Crippen LogP contribution in [0.4, 0.5) is 0 Å². The third-order valence-corrected chi connectivity index (χ3v) is 6.70. The lowest BCUT2D eigenvalue weighted by molar-refractivity contribution is 0.588. The monoisotopic (exact) mass is 446 g/mol. The molecule has 172 valence electrons. The van der Waals surface area contributed by atoms with Crippen LogP contribution in [0.5, 0.6) is 0 Å². The van der Waals surface area contributed by atoms with Crippen LogP contribution >= 0.6 is 0 Å². The molecule has 1 aliphatic heterocycles. The molecule has 0 saturated carbocycles. The van der Waals surface area contributed by atoms with Crippen molar-refractivity contribution in [3.05, 3.63) is 106 Å². The molecule has 2 aromatic heterocycles. The quantitative estimate of drug-likeness (QED) is 0.242. The number of benzene rings is 2. The van der Waals surface area contributed by atoms with Crippen molar-refractivity contribution < 1.29 is 0 Å². The summed E-state index contributed by atoms with van der Waals surface area (Å²) in [5.41, 5.74) is 12.0. The van der Waals surface area contributed by atoms with Crippen LogP contribution in [0.2, 0.25) is 0 Å². The zero-order valence-electron chi connectivity index (χ0n) is 21.2. The average Bonchev–Trinajstić information content (AvgIpc) is 2.77. The number of hydrogen-bond acceptors (Lipinski definition) is 2. The minimum atomic E-state index is 0.0668.